The summed E-state index contributed by atoms with van der Waals surface area (Å²) in [6, 6.07) is 5.47. The minimum atomic E-state index is -0.145. The Labute approximate surface area is 129 Å². The first-order valence-corrected chi connectivity index (χ1v) is 8.23. The van der Waals surface area contributed by atoms with Crippen molar-refractivity contribution >= 4 is 15.9 Å². The third-order valence-corrected chi connectivity index (χ3v) is 4.26. The van der Waals surface area contributed by atoms with E-state index in [4.69, 9.17) is 4.74 Å². The highest BCUT2D eigenvalue weighted by Gasteiger charge is 2.37. The Morgan fingerprint density at radius 2 is 2.15 bits per heavy atom. The zero-order chi connectivity index (χ0) is 14.5. The molecule has 0 heterocycles. The predicted octanol–water partition coefficient (Wildman–Crippen LogP) is 3.92. The lowest BCUT2D eigenvalue weighted by atomic mass is 9.97. The summed E-state index contributed by atoms with van der Waals surface area (Å²) in [5.41, 5.74) is 0.754. The van der Waals surface area contributed by atoms with Crippen molar-refractivity contribution in [3.63, 3.8) is 0 Å². The van der Waals surface area contributed by atoms with Crippen LogP contribution in [0.1, 0.15) is 32.3 Å². The Kier molecular flexibility index (Phi) is 6.00. The Hall–Kier alpha value is -0.450. The van der Waals surface area contributed by atoms with Gasteiger partial charge in [-0.2, -0.15) is 0 Å². The number of benzene rings is 1. The van der Waals surface area contributed by atoms with Crippen LogP contribution in [-0.2, 0) is 11.2 Å². The van der Waals surface area contributed by atoms with Crippen LogP contribution in [0.15, 0.2) is 22.7 Å². The summed E-state index contributed by atoms with van der Waals surface area (Å²) < 4.78 is 20.7. The minimum absolute atomic E-state index is 0.145. The van der Waals surface area contributed by atoms with E-state index in [2.05, 4.69) is 28.2 Å². The van der Waals surface area contributed by atoms with Gasteiger partial charge in [-0.25, -0.2) is 4.39 Å². The molecule has 4 heteroatoms. The van der Waals surface area contributed by atoms with Crippen LogP contribution in [0.5, 0.6) is 0 Å². The molecular weight excluding hydrogens is 321 g/mol. The summed E-state index contributed by atoms with van der Waals surface area (Å²) in [4.78, 5) is 0. The van der Waals surface area contributed by atoms with E-state index in [0.717, 1.165) is 16.6 Å². The van der Waals surface area contributed by atoms with Crippen LogP contribution < -0.4 is 5.32 Å². The van der Waals surface area contributed by atoms with Crippen molar-refractivity contribution < 1.29 is 9.13 Å². The maximum absolute atomic E-state index is 14.0. The second-order valence-electron chi connectivity index (χ2n) is 5.36. The van der Waals surface area contributed by atoms with Gasteiger partial charge in [-0.3, -0.25) is 0 Å². The summed E-state index contributed by atoms with van der Waals surface area (Å²) in [5.74, 6) is 0.492. The second-order valence-corrected chi connectivity index (χ2v) is 6.28. The molecule has 20 heavy (non-hydrogen) atoms. The fourth-order valence-electron chi connectivity index (χ4n) is 2.69. The Balaban J connectivity index is 2.10. The minimum Gasteiger partial charge on any atom is -0.377 e. The standard InChI is InChI=1S/C16H23BrFNO/c1-3-19-15(16(20-4-2)11-5-6-11)9-12-7-8-13(17)10-14(12)18/h7-8,10-11,15-16,19H,3-6,9H2,1-2H3. The molecule has 1 aliphatic rings. The van der Waals surface area contributed by atoms with Gasteiger partial charge >= 0.3 is 0 Å². The fraction of sp³-hybridized carbons (Fsp3) is 0.625. The van der Waals surface area contributed by atoms with Gasteiger partial charge in [-0.05, 0) is 56.3 Å². The maximum Gasteiger partial charge on any atom is 0.127 e. The Morgan fingerprint density at radius 1 is 1.40 bits per heavy atom. The van der Waals surface area contributed by atoms with Gasteiger partial charge in [0.1, 0.15) is 5.82 Å². The summed E-state index contributed by atoms with van der Waals surface area (Å²) in [6.45, 7) is 5.70. The van der Waals surface area contributed by atoms with Gasteiger partial charge < -0.3 is 10.1 Å². The predicted molar refractivity (Wildman–Crippen MR) is 83.4 cm³/mol. The maximum atomic E-state index is 14.0. The lowest BCUT2D eigenvalue weighted by Gasteiger charge is -2.28. The molecule has 0 aliphatic heterocycles. The van der Waals surface area contributed by atoms with Crippen molar-refractivity contribution in [1.82, 2.24) is 5.32 Å². The number of ether oxygens (including phenoxy) is 1. The third kappa shape index (κ3) is 4.27. The topological polar surface area (TPSA) is 21.3 Å². The number of nitrogens with one attached hydrogen (secondary N) is 1. The molecule has 1 aromatic rings. The third-order valence-electron chi connectivity index (χ3n) is 3.76. The van der Waals surface area contributed by atoms with Crippen molar-refractivity contribution in [1.29, 1.82) is 0 Å². The molecule has 0 spiro atoms. The van der Waals surface area contributed by atoms with Crippen molar-refractivity contribution in [3.05, 3.63) is 34.1 Å². The summed E-state index contributed by atoms with van der Waals surface area (Å²) in [5, 5.41) is 3.48. The van der Waals surface area contributed by atoms with E-state index in [1.165, 1.54) is 18.9 Å². The smallest absolute Gasteiger partial charge is 0.127 e. The molecule has 0 saturated heterocycles. The van der Waals surface area contributed by atoms with Gasteiger partial charge in [0.05, 0.1) is 6.10 Å². The molecule has 1 aromatic carbocycles. The number of rotatable bonds is 8. The van der Waals surface area contributed by atoms with Crippen molar-refractivity contribution in [3.8, 4) is 0 Å². The molecule has 1 N–H and O–H groups in total. The average molecular weight is 344 g/mol. The lowest BCUT2D eigenvalue weighted by Crippen LogP contribution is -2.44. The molecule has 2 rings (SSSR count). The van der Waals surface area contributed by atoms with Gasteiger partial charge in [-0.1, -0.05) is 28.9 Å². The van der Waals surface area contributed by atoms with Gasteiger partial charge in [0, 0.05) is 17.1 Å². The highest BCUT2D eigenvalue weighted by atomic mass is 79.9. The molecule has 0 radical (unpaired) electrons. The molecule has 2 atom stereocenters. The zero-order valence-electron chi connectivity index (χ0n) is 12.2. The first-order valence-electron chi connectivity index (χ1n) is 7.44. The molecule has 1 aliphatic carbocycles. The van der Waals surface area contributed by atoms with Gasteiger partial charge in [0.25, 0.3) is 0 Å². The number of likely N-dealkylation sites (N-methyl/N-ethyl adjacent to an activating group) is 1. The summed E-state index contributed by atoms with van der Waals surface area (Å²) in [7, 11) is 0. The Bertz CT molecular complexity index is 436. The van der Waals surface area contributed by atoms with E-state index in [0.29, 0.717) is 18.9 Å². The second kappa shape index (κ2) is 7.53. The molecule has 2 unspecified atom stereocenters. The van der Waals surface area contributed by atoms with Crippen LogP contribution >= 0.6 is 15.9 Å². The van der Waals surface area contributed by atoms with Crippen LogP contribution in [0, 0.1) is 11.7 Å². The number of hydrogen-bond acceptors (Lipinski definition) is 2. The highest BCUT2D eigenvalue weighted by Crippen LogP contribution is 2.36. The quantitative estimate of drug-likeness (QED) is 0.772. The normalized spacial score (nSPS) is 18.0. The fourth-order valence-corrected chi connectivity index (χ4v) is 3.02. The first-order chi connectivity index (χ1) is 9.65. The molecular formula is C16H23BrFNO. The van der Waals surface area contributed by atoms with Crippen LogP contribution in [0.3, 0.4) is 0 Å². The van der Waals surface area contributed by atoms with Crippen molar-refractivity contribution in [2.75, 3.05) is 13.2 Å². The van der Waals surface area contributed by atoms with Crippen molar-refractivity contribution in [2.45, 2.75) is 45.3 Å². The van der Waals surface area contributed by atoms with Crippen LogP contribution in [0.25, 0.3) is 0 Å². The first kappa shape index (κ1) is 15.9. The molecule has 112 valence electrons. The van der Waals surface area contributed by atoms with E-state index < -0.39 is 0 Å². The molecule has 2 nitrogen and oxygen atoms in total. The van der Waals surface area contributed by atoms with Gasteiger partial charge in [0.15, 0.2) is 0 Å². The van der Waals surface area contributed by atoms with E-state index in [1.54, 1.807) is 0 Å². The van der Waals surface area contributed by atoms with Crippen LogP contribution in [0.2, 0.25) is 0 Å². The zero-order valence-corrected chi connectivity index (χ0v) is 13.7. The molecule has 0 aromatic heterocycles. The number of halogens is 2. The summed E-state index contributed by atoms with van der Waals surface area (Å²) >= 11 is 3.30. The largest absolute Gasteiger partial charge is 0.377 e. The average Bonchev–Trinajstić information content (AvgIpc) is 3.23. The molecule has 1 fully saturated rings. The van der Waals surface area contributed by atoms with Gasteiger partial charge in [-0.15, -0.1) is 0 Å². The van der Waals surface area contributed by atoms with E-state index in [1.807, 2.05) is 19.1 Å². The lowest BCUT2D eigenvalue weighted by molar-refractivity contribution is 0.0194. The van der Waals surface area contributed by atoms with E-state index in [-0.39, 0.29) is 18.0 Å². The van der Waals surface area contributed by atoms with E-state index >= 15 is 0 Å². The van der Waals surface area contributed by atoms with Crippen LogP contribution in [-0.4, -0.2) is 25.3 Å². The van der Waals surface area contributed by atoms with Crippen molar-refractivity contribution in [2.24, 2.45) is 5.92 Å². The molecule has 0 amide bonds. The number of hydrogen-bond donors (Lipinski definition) is 1. The van der Waals surface area contributed by atoms with Gasteiger partial charge in [0.2, 0.25) is 0 Å². The van der Waals surface area contributed by atoms with E-state index in [9.17, 15) is 4.39 Å². The highest BCUT2D eigenvalue weighted by molar-refractivity contribution is 9.10. The molecule has 1 saturated carbocycles. The van der Waals surface area contributed by atoms with Crippen LogP contribution in [0.4, 0.5) is 4.39 Å². The Morgan fingerprint density at radius 3 is 2.70 bits per heavy atom. The summed E-state index contributed by atoms with van der Waals surface area (Å²) in [6.07, 6.45) is 3.33. The SMILES string of the molecule is CCNC(Cc1ccc(Br)cc1F)C(OCC)C1CC1. The molecule has 0 bridgehead atoms. The monoisotopic (exact) mass is 343 g/mol.